The lowest BCUT2D eigenvalue weighted by Crippen LogP contribution is -2.47. The molecule has 0 heterocycles. The molecule has 112 valence electrons. The van der Waals surface area contributed by atoms with Crippen molar-refractivity contribution in [1.29, 1.82) is 0 Å². The van der Waals surface area contributed by atoms with E-state index in [0.717, 1.165) is 12.8 Å². The molecule has 3 atom stereocenters. The summed E-state index contributed by atoms with van der Waals surface area (Å²) in [5, 5.41) is 11.3. The molecule has 3 unspecified atom stereocenters. The van der Waals surface area contributed by atoms with Crippen LogP contribution in [0.2, 0.25) is 0 Å². The van der Waals surface area contributed by atoms with Crippen LogP contribution in [0.1, 0.15) is 56.7 Å². The molecule has 0 radical (unpaired) electrons. The van der Waals surface area contributed by atoms with Crippen LogP contribution in [-0.4, -0.2) is 10.7 Å². The van der Waals surface area contributed by atoms with E-state index >= 15 is 0 Å². The molecule has 1 aliphatic carbocycles. The third-order valence-corrected chi connectivity index (χ3v) is 4.96. The fourth-order valence-electron chi connectivity index (χ4n) is 4.27. The van der Waals surface area contributed by atoms with Crippen LogP contribution < -0.4 is 0 Å². The third kappa shape index (κ3) is 3.44. The van der Waals surface area contributed by atoms with Crippen LogP contribution >= 0.6 is 0 Å². The van der Waals surface area contributed by atoms with Gasteiger partial charge in [-0.1, -0.05) is 56.5 Å². The topological polar surface area (TPSA) is 20.2 Å². The average molecular weight is 274 g/mol. The van der Waals surface area contributed by atoms with E-state index in [4.69, 9.17) is 0 Å². The van der Waals surface area contributed by atoms with Gasteiger partial charge in [0.2, 0.25) is 0 Å². The van der Waals surface area contributed by atoms with Crippen LogP contribution in [0.4, 0.5) is 0 Å². The van der Waals surface area contributed by atoms with Crippen LogP contribution in [-0.2, 0) is 6.42 Å². The van der Waals surface area contributed by atoms with Gasteiger partial charge in [-0.2, -0.15) is 0 Å². The summed E-state index contributed by atoms with van der Waals surface area (Å²) >= 11 is 0. The highest BCUT2D eigenvalue weighted by Gasteiger charge is 2.42. The second-order valence-corrected chi connectivity index (χ2v) is 7.51. The van der Waals surface area contributed by atoms with Gasteiger partial charge >= 0.3 is 0 Å². The fraction of sp³-hybridized carbons (Fsp3) is 0.684. The summed E-state index contributed by atoms with van der Waals surface area (Å²) in [6, 6.07) is 6.68. The minimum absolute atomic E-state index is 0.430. The van der Waals surface area contributed by atoms with Crippen LogP contribution in [0.15, 0.2) is 18.2 Å². The van der Waals surface area contributed by atoms with Gasteiger partial charge in [0.05, 0.1) is 5.60 Å². The van der Waals surface area contributed by atoms with E-state index in [1.807, 2.05) is 0 Å². The van der Waals surface area contributed by atoms with Crippen LogP contribution in [0.3, 0.4) is 0 Å². The van der Waals surface area contributed by atoms with Crippen molar-refractivity contribution in [3.8, 4) is 0 Å². The first-order chi connectivity index (χ1) is 9.30. The number of rotatable bonds is 3. The maximum Gasteiger partial charge on any atom is 0.0720 e. The minimum atomic E-state index is -0.522. The number of benzene rings is 1. The Bertz CT molecular complexity index is 443. The van der Waals surface area contributed by atoms with Gasteiger partial charge in [0, 0.05) is 6.42 Å². The Kier molecular flexibility index (Phi) is 4.59. The van der Waals surface area contributed by atoms with Gasteiger partial charge in [-0.05, 0) is 50.0 Å². The second kappa shape index (κ2) is 5.89. The van der Waals surface area contributed by atoms with Crippen molar-refractivity contribution in [3.63, 3.8) is 0 Å². The Morgan fingerprint density at radius 3 is 2.30 bits per heavy atom. The highest BCUT2D eigenvalue weighted by atomic mass is 16.3. The Morgan fingerprint density at radius 1 is 1.15 bits per heavy atom. The molecule has 0 spiro atoms. The fourth-order valence-corrected chi connectivity index (χ4v) is 4.27. The summed E-state index contributed by atoms with van der Waals surface area (Å²) in [6.07, 6.45) is 4.18. The lowest BCUT2D eigenvalue weighted by Gasteiger charge is -2.45. The zero-order valence-corrected chi connectivity index (χ0v) is 13.7. The van der Waals surface area contributed by atoms with Crippen molar-refractivity contribution in [2.75, 3.05) is 0 Å². The largest absolute Gasteiger partial charge is 0.389 e. The summed E-state index contributed by atoms with van der Waals surface area (Å²) in [5.41, 5.74) is 3.37. The minimum Gasteiger partial charge on any atom is -0.389 e. The first-order valence-corrected chi connectivity index (χ1v) is 8.10. The quantitative estimate of drug-likeness (QED) is 0.849. The Hall–Kier alpha value is -0.820. The molecule has 1 heteroatoms. The van der Waals surface area contributed by atoms with Crippen molar-refractivity contribution in [1.82, 2.24) is 0 Å². The smallest absolute Gasteiger partial charge is 0.0720 e. The van der Waals surface area contributed by atoms with Crippen LogP contribution in [0.5, 0.6) is 0 Å². The molecule has 1 saturated carbocycles. The molecular formula is C19H30O. The predicted molar refractivity (Wildman–Crippen MR) is 85.9 cm³/mol. The van der Waals surface area contributed by atoms with Gasteiger partial charge in [-0.15, -0.1) is 0 Å². The normalized spacial score (nSPS) is 30.8. The molecule has 1 fully saturated rings. The summed E-state index contributed by atoms with van der Waals surface area (Å²) in [7, 11) is 0. The Morgan fingerprint density at radius 2 is 1.75 bits per heavy atom. The highest BCUT2D eigenvalue weighted by molar-refractivity contribution is 5.30. The monoisotopic (exact) mass is 274 g/mol. The molecule has 20 heavy (non-hydrogen) atoms. The first-order valence-electron chi connectivity index (χ1n) is 8.10. The zero-order chi connectivity index (χ0) is 14.9. The lowest BCUT2D eigenvalue weighted by atomic mass is 9.65. The highest BCUT2D eigenvalue weighted by Crippen LogP contribution is 2.42. The summed E-state index contributed by atoms with van der Waals surface area (Å²) in [5.74, 6) is 1.62. The zero-order valence-electron chi connectivity index (χ0n) is 13.7. The Balaban J connectivity index is 2.26. The van der Waals surface area contributed by atoms with E-state index in [2.05, 4.69) is 52.8 Å². The molecule has 1 aromatic carbocycles. The second-order valence-electron chi connectivity index (χ2n) is 7.51. The molecule has 0 aliphatic heterocycles. The van der Waals surface area contributed by atoms with Crippen molar-refractivity contribution in [2.45, 2.75) is 65.9 Å². The molecule has 0 aromatic heterocycles. The average Bonchev–Trinajstić information content (AvgIpc) is 2.25. The van der Waals surface area contributed by atoms with Gasteiger partial charge < -0.3 is 5.11 Å². The van der Waals surface area contributed by atoms with E-state index in [1.165, 1.54) is 29.5 Å². The number of aryl methyl sites for hydroxylation is 2. The molecule has 1 aliphatic rings. The van der Waals surface area contributed by atoms with Gasteiger partial charge in [0.25, 0.3) is 0 Å². The lowest BCUT2D eigenvalue weighted by molar-refractivity contribution is -0.0795. The molecule has 0 amide bonds. The molecule has 0 bridgehead atoms. The number of hydrogen-bond donors (Lipinski definition) is 1. The summed E-state index contributed by atoms with van der Waals surface area (Å²) in [4.78, 5) is 0. The summed E-state index contributed by atoms with van der Waals surface area (Å²) in [6.45, 7) is 11.1. The van der Waals surface area contributed by atoms with Crippen molar-refractivity contribution < 1.29 is 5.11 Å². The Labute approximate surface area is 124 Å². The van der Waals surface area contributed by atoms with Crippen LogP contribution in [0.25, 0.3) is 0 Å². The molecule has 1 aromatic rings. The van der Waals surface area contributed by atoms with Gasteiger partial charge in [0.1, 0.15) is 0 Å². The molecule has 1 N–H and O–H groups in total. The van der Waals surface area contributed by atoms with Gasteiger partial charge in [0.15, 0.2) is 0 Å². The van der Waals surface area contributed by atoms with Crippen LogP contribution in [0, 0.1) is 31.6 Å². The van der Waals surface area contributed by atoms with Crippen molar-refractivity contribution in [3.05, 3.63) is 34.9 Å². The molecule has 0 saturated heterocycles. The first kappa shape index (κ1) is 15.6. The maximum absolute atomic E-state index is 11.3. The molecule has 1 nitrogen and oxygen atoms in total. The third-order valence-electron chi connectivity index (χ3n) is 4.96. The van der Waals surface area contributed by atoms with Crippen molar-refractivity contribution >= 4 is 0 Å². The van der Waals surface area contributed by atoms with E-state index in [-0.39, 0.29) is 0 Å². The summed E-state index contributed by atoms with van der Waals surface area (Å²) < 4.78 is 0. The van der Waals surface area contributed by atoms with E-state index in [9.17, 15) is 5.11 Å². The maximum atomic E-state index is 11.3. The predicted octanol–water partition coefficient (Wildman–Crippen LogP) is 4.67. The number of hydrogen-bond acceptors (Lipinski definition) is 1. The standard InChI is InChI=1S/C19H30O/c1-13(2)18-7-6-14(3)11-19(18,20)12-17-9-15(4)8-16(5)10-17/h8-10,13-14,18,20H,6-7,11-12H2,1-5H3. The number of aliphatic hydroxyl groups is 1. The molecular weight excluding hydrogens is 244 g/mol. The van der Waals surface area contributed by atoms with Crippen molar-refractivity contribution in [2.24, 2.45) is 17.8 Å². The SMILES string of the molecule is Cc1cc(C)cc(CC2(O)CC(C)CCC2C(C)C)c1. The van der Waals surface area contributed by atoms with E-state index in [0.29, 0.717) is 17.8 Å². The van der Waals surface area contributed by atoms with E-state index < -0.39 is 5.60 Å². The van der Waals surface area contributed by atoms with Gasteiger partial charge in [-0.3, -0.25) is 0 Å². The van der Waals surface area contributed by atoms with Gasteiger partial charge in [-0.25, -0.2) is 0 Å². The molecule has 2 rings (SSSR count). The van der Waals surface area contributed by atoms with E-state index in [1.54, 1.807) is 0 Å².